The lowest BCUT2D eigenvalue weighted by Gasteiger charge is -2.04. The summed E-state index contributed by atoms with van der Waals surface area (Å²) in [6, 6.07) is 3.52. The van der Waals surface area contributed by atoms with E-state index in [1.54, 1.807) is 18.3 Å². The number of hydrogen-bond donors (Lipinski definition) is 2. The van der Waals surface area contributed by atoms with Gasteiger partial charge in [0.05, 0.1) is 16.1 Å². The Balaban J connectivity index is 1.43. The fourth-order valence-electron chi connectivity index (χ4n) is 1.90. The first kappa shape index (κ1) is 17.1. The van der Waals surface area contributed by atoms with Gasteiger partial charge in [0.2, 0.25) is 0 Å². The van der Waals surface area contributed by atoms with E-state index in [1.807, 2.05) is 5.38 Å². The number of carbonyl (C=O) groups excluding carboxylic acids is 2. The van der Waals surface area contributed by atoms with Gasteiger partial charge in [0.1, 0.15) is 6.54 Å². The van der Waals surface area contributed by atoms with Gasteiger partial charge in [0, 0.05) is 19.3 Å². The first-order valence-electron chi connectivity index (χ1n) is 7.22. The van der Waals surface area contributed by atoms with Gasteiger partial charge in [-0.15, -0.1) is 11.3 Å². The Kier molecular flexibility index (Phi) is 5.41. The van der Waals surface area contributed by atoms with E-state index in [-0.39, 0.29) is 31.4 Å². The van der Waals surface area contributed by atoms with Crippen LogP contribution in [0.5, 0.6) is 0 Å². The Hall–Kier alpha value is -2.72. The van der Waals surface area contributed by atoms with Crippen LogP contribution in [0, 0.1) is 0 Å². The molecule has 0 bridgehead atoms. The maximum Gasteiger partial charge on any atom is 0.316 e. The monoisotopic (exact) mass is 380 g/mol. The Morgan fingerprint density at radius 2 is 2.08 bits per heavy atom. The molecule has 0 aliphatic heterocycles. The van der Waals surface area contributed by atoms with Crippen LogP contribution in [0.15, 0.2) is 34.4 Å². The lowest BCUT2D eigenvalue weighted by molar-refractivity contribution is 0.0899. The van der Waals surface area contributed by atoms with Crippen LogP contribution >= 0.6 is 22.9 Å². The third-order valence-electron chi connectivity index (χ3n) is 3.01. The molecule has 3 heterocycles. The highest BCUT2D eigenvalue weighted by molar-refractivity contribution is 7.12. The lowest BCUT2D eigenvalue weighted by atomic mass is 10.4. The number of thiophene rings is 1. The fourth-order valence-corrected chi connectivity index (χ4v) is 2.70. The Labute approximate surface area is 151 Å². The van der Waals surface area contributed by atoms with Crippen LogP contribution in [0.4, 0.5) is 0 Å². The van der Waals surface area contributed by atoms with Gasteiger partial charge >= 0.3 is 11.8 Å². The first-order chi connectivity index (χ1) is 12.1. The average Bonchev–Trinajstić information content (AvgIpc) is 3.33. The molecule has 0 saturated carbocycles. The molecule has 3 aromatic heterocycles. The van der Waals surface area contributed by atoms with E-state index in [2.05, 4.69) is 25.9 Å². The van der Waals surface area contributed by atoms with Gasteiger partial charge in [-0.1, -0.05) is 22.8 Å². The standard InChI is InChI=1S/C14H13ClN6O3S/c15-9-6-18-21(7-9)8-11-19-14(24-20-11)13(23)17-4-3-16-12(22)10-2-1-5-25-10/h1-2,5-7H,3-4,8H2,(H,16,22)(H,17,23). The molecular formula is C14H13ClN6O3S. The molecule has 0 aliphatic carbocycles. The van der Waals surface area contributed by atoms with E-state index in [0.717, 1.165) is 0 Å². The van der Waals surface area contributed by atoms with Crippen LogP contribution in [0.3, 0.4) is 0 Å². The number of halogens is 1. The second-order valence-electron chi connectivity index (χ2n) is 4.86. The number of nitrogens with one attached hydrogen (secondary N) is 2. The molecule has 0 saturated heterocycles. The van der Waals surface area contributed by atoms with Crippen LogP contribution in [0.2, 0.25) is 5.02 Å². The molecule has 0 radical (unpaired) electrons. The van der Waals surface area contributed by atoms with Gasteiger partial charge in [0.25, 0.3) is 5.91 Å². The zero-order valence-electron chi connectivity index (χ0n) is 12.8. The number of rotatable bonds is 7. The summed E-state index contributed by atoms with van der Waals surface area (Å²) in [4.78, 5) is 28.3. The fraction of sp³-hybridized carbons (Fsp3) is 0.214. The van der Waals surface area contributed by atoms with Crippen molar-refractivity contribution >= 4 is 34.8 Å². The molecule has 3 aromatic rings. The molecule has 0 spiro atoms. The highest BCUT2D eigenvalue weighted by Gasteiger charge is 2.15. The maximum absolute atomic E-state index is 11.9. The molecule has 2 N–H and O–H groups in total. The second kappa shape index (κ2) is 7.90. The van der Waals surface area contributed by atoms with Crippen molar-refractivity contribution in [1.29, 1.82) is 0 Å². The molecule has 0 aliphatic rings. The van der Waals surface area contributed by atoms with Gasteiger partial charge in [-0.05, 0) is 11.4 Å². The summed E-state index contributed by atoms with van der Waals surface area (Å²) >= 11 is 7.12. The van der Waals surface area contributed by atoms with Crippen molar-refractivity contribution in [1.82, 2.24) is 30.6 Å². The minimum Gasteiger partial charge on any atom is -0.350 e. The van der Waals surface area contributed by atoms with Crippen molar-refractivity contribution in [3.8, 4) is 0 Å². The lowest BCUT2D eigenvalue weighted by Crippen LogP contribution is -2.34. The summed E-state index contributed by atoms with van der Waals surface area (Å²) in [5.74, 6) is -0.543. The third kappa shape index (κ3) is 4.64. The number of aromatic nitrogens is 4. The SMILES string of the molecule is O=C(NCCNC(=O)c1cccs1)c1nc(Cn2cc(Cl)cn2)no1. The third-order valence-corrected chi connectivity index (χ3v) is 4.07. The van der Waals surface area contributed by atoms with E-state index >= 15 is 0 Å². The number of nitrogens with zero attached hydrogens (tertiary/aromatic N) is 4. The summed E-state index contributed by atoms with van der Waals surface area (Å²) in [6.07, 6.45) is 3.09. The van der Waals surface area contributed by atoms with Crippen LogP contribution in [-0.2, 0) is 6.54 Å². The van der Waals surface area contributed by atoms with Crippen LogP contribution in [0.25, 0.3) is 0 Å². The predicted octanol–water partition coefficient (Wildman–Crippen LogP) is 1.19. The smallest absolute Gasteiger partial charge is 0.316 e. The maximum atomic E-state index is 11.9. The summed E-state index contributed by atoms with van der Waals surface area (Å²) in [5, 5.41) is 15.3. The highest BCUT2D eigenvalue weighted by atomic mass is 35.5. The van der Waals surface area contributed by atoms with Crippen LogP contribution in [0.1, 0.15) is 26.2 Å². The molecule has 0 unspecified atom stereocenters. The van der Waals surface area contributed by atoms with E-state index in [1.165, 1.54) is 22.2 Å². The van der Waals surface area contributed by atoms with Gasteiger partial charge in [-0.25, -0.2) is 0 Å². The minimum atomic E-state index is -0.511. The second-order valence-corrected chi connectivity index (χ2v) is 6.25. The quantitative estimate of drug-likeness (QED) is 0.595. The van der Waals surface area contributed by atoms with E-state index in [0.29, 0.717) is 15.7 Å². The Morgan fingerprint density at radius 3 is 2.76 bits per heavy atom. The molecule has 0 atom stereocenters. The van der Waals surface area contributed by atoms with E-state index in [9.17, 15) is 9.59 Å². The van der Waals surface area contributed by atoms with Gasteiger partial charge in [0.15, 0.2) is 5.82 Å². The van der Waals surface area contributed by atoms with E-state index < -0.39 is 5.91 Å². The molecule has 2 amide bonds. The van der Waals surface area contributed by atoms with Crippen LogP contribution < -0.4 is 10.6 Å². The van der Waals surface area contributed by atoms with Crippen molar-refractivity contribution in [2.75, 3.05) is 13.1 Å². The highest BCUT2D eigenvalue weighted by Crippen LogP contribution is 2.08. The minimum absolute atomic E-state index is 0.155. The molecule has 9 nitrogen and oxygen atoms in total. The summed E-state index contributed by atoms with van der Waals surface area (Å²) in [6.45, 7) is 0.762. The van der Waals surface area contributed by atoms with Gasteiger partial charge in [-0.3, -0.25) is 14.3 Å². The zero-order chi connectivity index (χ0) is 17.6. The molecule has 0 fully saturated rings. The largest absolute Gasteiger partial charge is 0.350 e. The molecule has 3 rings (SSSR count). The van der Waals surface area contributed by atoms with Crippen molar-refractivity contribution in [3.05, 3.63) is 51.5 Å². The zero-order valence-corrected chi connectivity index (χ0v) is 14.4. The first-order valence-corrected chi connectivity index (χ1v) is 8.48. The summed E-state index contributed by atoms with van der Waals surface area (Å²) in [5.41, 5.74) is 0. The molecule has 11 heteroatoms. The number of hydrogen-bond acceptors (Lipinski definition) is 7. The molecular weight excluding hydrogens is 368 g/mol. The summed E-state index contributed by atoms with van der Waals surface area (Å²) in [7, 11) is 0. The Morgan fingerprint density at radius 1 is 1.28 bits per heavy atom. The van der Waals surface area contributed by atoms with Crippen molar-refractivity contribution in [2.45, 2.75) is 6.54 Å². The van der Waals surface area contributed by atoms with Crippen LogP contribution in [-0.4, -0.2) is 44.8 Å². The molecule has 25 heavy (non-hydrogen) atoms. The van der Waals surface area contributed by atoms with E-state index in [4.69, 9.17) is 16.1 Å². The normalized spacial score (nSPS) is 10.6. The van der Waals surface area contributed by atoms with Gasteiger partial charge in [-0.2, -0.15) is 10.1 Å². The van der Waals surface area contributed by atoms with Crippen molar-refractivity contribution < 1.29 is 14.1 Å². The summed E-state index contributed by atoms with van der Waals surface area (Å²) < 4.78 is 6.43. The predicted molar refractivity (Wildman–Crippen MR) is 89.6 cm³/mol. The molecule has 0 aromatic carbocycles. The number of carbonyl (C=O) groups is 2. The topological polar surface area (TPSA) is 115 Å². The Bertz CT molecular complexity index is 860. The average molecular weight is 381 g/mol. The molecule has 130 valence electrons. The van der Waals surface area contributed by atoms with Crippen molar-refractivity contribution in [3.63, 3.8) is 0 Å². The number of amides is 2. The van der Waals surface area contributed by atoms with Crippen molar-refractivity contribution in [2.24, 2.45) is 0 Å². The van der Waals surface area contributed by atoms with Gasteiger partial charge < -0.3 is 15.2 Å².